The molecule has 1 amide bonds. The largest absolute Gasteiger partial charge is 0.481 e. The summed E-state index contributed by atoms with van der Waals surface area (Å²) in [5, 5.41) is 15.6. The summed E-state index contributed by atoms with van der Waals surface area (Å²) in [4.78, 5) is 65.2. The lowest BCUT2D eigenvalue weighted by molar-refractivity contribution is -0.247. The normalized spacial score (nSPS) is 11.7. The Bertz CT molecular complexity index is 3530. The first-order valence-corrected chi connectivity index (χ1v) is 50.9. The van der Waals surface area contributed by atoms with E-state index in [2.05, 4.69) is 166 Å². The Hall–Kier alpha value is -4.56. The zero-order valence-electron chi connectivity index (χ0n) is 76.3. The monoisotopic (exact) mass is 2030 g/mol. The molecule has 1 fully saturated rings. The Labute approximate surface area is 837 Å². The Balaban J connectivity index is 0. The van der Waals surface area contributed by atoms with Crippen molar-refractivity contribution in [2.24, 2.45) is 5.16 Å². The van der Waals surface area contributed by atoms with E-state index in [9.17, 15) is 14.4 Å². The van der Waals surface area contributed by atoms with E-state index in [0.29, 0.717) is 89.8 Å². The molecule has 1 saturated heterocycles. The summed E-state index contributed by atoms with van der Waals surface area (Å²) in [6.07, 6.45) is 22.4. The van der Waals surface area contributed by atoms with E-state index in [1.54, 1.807) is 34.6 Å². The first-order chi connectivity index (χ1) is 62.0. The standard InChI is InChI=1S/C20H32Cl2N2O2.C16H24Cl2N2O2.C15H24Cl2N2O.C15H22Cl2N2O.C14H19Cl2NO2.C14H19Cl2NO.C2H6.2CH4/c1-25-24(20-7-3-5-17-26-20)14-4-2-6-18-8-10-19(11-9-18)23(15-12-21)16-13-22;1-19(22-2)16(21)5-3-4-14-6-8-15(9-7-14)20(12-10-17)13-11-18;2*1-20-18-11-3-2-4-14-5-7-15(8-6-14)19(12-9-16)13-10-17;15-8-10-17(11-9-16)13-6-4-12(5-7-13)2-1-3-14(18)19;15-8-10-17(11-9-16)14-6-4-13(5-7-14)3-1-2-12-18;1-2;;/h8-11,20H,2-7,12-17H2,1H3;6-9H,3-5,10-13H2,1-2H3;5-8,18H,2-4,9-13H2,1H3;5-8,11H,2-4,9-10,12-13H2,1H3;4-7H,1-3,8-11H2,(H,18,19);4-7,12H,1-3,8-11H2;1-2H3;2*1H4/t20-;;;;;;;;/m1......../s1. The average Bonchev–Trinajstić information content (AvgIpc) is 0.891. The smallest absolute Gasteiger partial charge is 0.303 e. The quantitative estimate of drug-likeness (QED) is 0.0122. The number of halogens is 12. The highest BCUT2D eigenvalue weighted by atomic mass is 35.5. The number of nitrogens with one attached hydrogen (secondary N) is 1. The lowest BCUT2D eigenvalue weighted by atomic mass is 10.1. The predicted molar refractivity (Wildman–Crippen MR) is 564 cm³/mol. The molecule has 0 bridgehead atoms. The van der Waals surface area contributed by atoms with Gasteiger partial charge in [0.05, 0.1) is 21.3 Å². The van der Waals surface area contributed by atoms with Gasteiger partial charge in [0.2, 0.25) is 5.91 Å². The number of carboxylic acids is 1. The summed E-state index contributed by atoms with van der Waals surface area (Å²) in [6.45, 7) is 16.3. The van der Waals surface area contributed by atoms with Gasteiger partial charge in [-0.15, -0.1) is 139 Å². The third kappa shape index (κ3) is 60.5. The second kappa shape index (κ2) is 87.5. The highest BCUT2D eigenvalue weighted by Gasteiger charge is 2.22. The molecule has 1 atom stereocenters. The molecule has 1 heterocycles. The van der Waals surface area contributed by atoms with Crippen LogP contribution >= 0.6 is 139 Å². The second-order valence-electron chi connectivity index (χ2n) is 28.9. The van der Waals surface area contributed by atoms with Gasteiger partial charge in [-0.25, -0.2) is 10.5 Å². The van der Waals surface area contributed by atoms with Crippen molar-refractivity contribution >= 4 is 198 Å². The third-order valence-corrected chi connectivity index (χ3v) is 22.1. The van der Waals surface area contributed by atoms with Crippen LogP contribution in [0.15, 0.2) is 151 Å². The van der Waals surface area contributed by atoms with E-state index >= 15 is 0 Å². The number of amides is 1. The number of ether oxygens (including phenoxy) is 1. The number of carboxylic acid groups (broad SMARTS) is 1. The Morgan fingerprint density at radius 1 is 0.395 bits per heavy atom. The van der Waals surface area contributed by atoms with Crippen LogP contribution in [0.2, 0.25) is 0 Å². The first kappa shape index (κ1) is 126. The number of hydrogen-bond acceptors (Lipinski definition) is 17. The summed E-state index contributed by atoms with van der Waals surface area (Å²) in [7, 11) is 8.06. The van der Waals surface area contributed by atoms with Crippen LogP contribution in [0.25, 0.3) is 0 Å². The SMILES string of the molecule is C.C.CC.CON(C)C(=O)CCCc1ccc(N(CCCl)CCCl)cc1.CON(CCCCc1ccc(N(CCCl)CCCl)cc1)[C@H]1CCCCO1.CON=CCCCc1ccc(N(CCCl)CCCl)cc1.CONCCCCc1ccc(N(CCCl)CCCl)cc1.O=C(O)CCCc1ccc(N(CCCl)CCCl)cc1.O=CCCCc1ccc(N(CCCl)CCCl)cc1. The molecule has 0 unspecified atom stereocenters. The van der Waals surface area contributed by atoms with Crippen molar-refractivity contribution in [2.75, 3.05) is 234 Å². The number of aliphatic carboxylic acids is 1. The van der Waals surface area contributed by atoms with Crippen molar-refractivity contribution in [3.05, 3.63) is 179 Å². The Morgan fingerprint density at radius 2 is 0.682 bits per heavy atom. The zero-order valence-corrected chi connectivity index (χ0v) is 85.4. The van der Waals surface area contributed by atoms with Crippen LogP contribution in [0, 0.1) is 0 Å². The maximum atomic E-state index is 11.6. The number of alkyl halides is 12. The van der Waals surface area contributed by atoms with Crippen LogP contribution < -0.4 is 34.9 Å². The Kier molecular flexibility index (Phi) is 85.8. The number of rotatable bonds is 61. The van der Waals surface area contributed by atoms with Crippen molar-refractivity contribution in [3.8, 4) is 0 Å². The van der Waals surface area contributed by atoms with E-state index in [1.165, 1.54) is 63.5 Å². The number of aryl methyl sites for hydroxylation is 6. The van der Waals surface area contributed by atoms with E-state index < -0.39 is 5.97 Å². The molecule has 0 saturated carbocycles. The van der Waals surface area contributed by atoms with Gasteiger partial charge in [-0.05, 0) is 222 Å². The van der Waals surface area contributed by atoms with Crippen LogP contribution in [0.3, 0.4) is 0 Å². The van der Waals surface area contributed by atoms with Gasteiger partial charge in [0.25, 0.3) is 0 Å². The van der Waals surface area contributed by atoms with Crippen molar-refractivity contribution in [1.82, 2.24) is 15.6 Å². The summed E-state index contributed by atoms with van der Waals surface area (Å²) >= 11 is 69.8. The van der Waals surface area contributed by atoms with Gasteiger partial charge >= 0.3 is 5.97 Å². The molecule has 1 aliphatic heterocycles. The van der Waals surface area contributed by atoms with Crippen LogP contribution in [-0.4, -0.2) is 250 Å². The van der Waals surface area contributed by atoms with Crippen LogP contribution in [-0.2, 0) is 77.0 Å². The van der Waals surface area contributed by atoms with Crippen LogP contribution in [0.1, 0.15) is 158 Å². The predicted octanol–water partition coefficient (Wildman–Crippen LogP) is 24.5. The number of benzene rings is 6. The summed E-state index contributed by atoms with van der Waals surface area (Å²) in [5.74, 6) is 6.40. The number of oxime groups is 1. The molecular formula is C98H154Cl12N10O9. The Morgan fingerprint density at radius 3 is 0.938 bits per heavy atom. The average molecular weight is 2040 g/mol. The zero-order chi connectivity index (χ0) is 93.6. The fourth-order valence-electron chi connectivity index (χ4n) is 13.3. The molecular weight excluding hydrogens is 1890 g/mol. The molecule has 31 heteroatoms. The minimum absolute atomic E-state index is 0. The first-order valence-electron chi connectivity index (χ1n) is 44.5. The molecule has 0 aromatic heterocycles. The maximum absolute atomic E-state index is 11.6. The number of hydroxylamine groups is 5. The topological polar surface area (TPSA) is 168 Å². The molecule has 1 aliphatic rings. The number of carbonyl (C=O) groups is 3. The van der Waals surface area contributed by atoms with Gasteiger partial charge in [0, 0.05) is 235 Å². The van der Waals surface area contributed by atoms with Crippen molar-refractivity contribution in [2.45, 2.75) is 170 Å². The number of nitrogens with zero attached hydrogens (tertiary/aromatic N) is 9. The summed E-state index contributed by atoms with van der Waals surface area (Å²) in [6, 6.07) is 50.9. The third-order valence-electron chi connectivity index (χ3n) is 20.1. The van der Waals surface area contributed by atoms with E-state index in [4.69, 9.17) is 164 Å². The maximum Gasteiger partial charge on any atom is 0.303 e. The highest BCUT2D eigenvalue weighted by molar-refractivity contribution is 6.21. The fourth-order valence-corrected chi connectivity index (χ4v) is 15.7. The van der Waals surface area contributed by atoms with Crippen LogP contribution in [0.5, 0.6) is 0 Å². The molecule has 6 aromatic carbocycles. The molecule has 0 aliphatic carbocycles. The minimum Gasteiger partial charge on any atom is -0.481 e. The van der Waals surface area contributed by atoms with Gasteiger partial charge in [-0.1, -0.05) is 107 Å². The molecule has 129 heavy (non-hydrogen) atoms. The lowest BCUT2D eigenvalue weighted by Crippen LogP contribution is -2.39. The molecule has 2 N–H and O–H groups in total. The minimum atomic E-state index is -0.743. The van der Waals surface area contributed by atoms with E-state index in [-0.39, 0.29) is 33.4 Å². The molecule has 0 spiro atoms. The molecule has 0 radical (unpaired) electrons. The second-order valence-corrected chi connectivity index (χ2v) is 33.5. The summed E-state index contributed by atoms with van der Waals surface area (Å²) in [5.41, 5.74) is 17.5. The number of hydrogen-bond donors (Lipinski definition) is 2. The lowest BCUT2D eigenvalue weighted by Gasteiger charge is -2.32. The van der Waals surface area contributed by atoms with Gasteiger partial charge < -0.3 is 53.7 Å². The van der Waals surface area contributed by atoms with Gasteiger partial charge in [0.1, 0.15) is 19.6 Å². The highest BCUT2D eigenvalue weighted by Crippen LogP contribution is 2.25. The number of anilines is 6. The number of carbonyl (C=O) groups excluding carboxylic acids is 2. The van der Waals surface area contributed by atoms with Gasteiger partial charge in [-0.2, -0.15) is 5.06 Å². The molecule has 734 valence electrons. The summed E-state index contributed by atoms with van der Waals surface area (Å²) < 4.78 is 5.80. The number of unbranched alkanes of at least 4 members (excludes halogenated alkanes) is 4. The van der Waals surface area contributed by atoms with Gasteiger partial charge in [-0.3, -0.25) is 19.3 Å². The van der Waals surface area contributed by atoms with Crippen molar-refractivity contribution < 1.29 is 43.6 Å². The molecule has 6 aromatic rings. The molecule has 7 rings (SSSR count). The van der Waals surface area contributed by atoms with E-state index in [1.807, 2.05) is 43.2 Å². The molecule has 19 nitrogen and oxygen atoms in total. The van der Waals surface area contributed by atoms with Crippen LogP contribution in [0.4, 0.5) is 34.1 Å². The fraction of sp³-hybridized carbons (Fsp3) is 0.592. The van der Waals surface area contributed by atoms with Crippen molar-refractivity contribution in [3.63, 3.8) is 0 Å². The van der Waals surface area contributed by atoms with Gasteiger partial charge in [0.15, 0.2) is 0 Å². The van der Waals surface area contributed by atoms with E-state index in [0.717, 1.165) is 230 Å². The van der Waals surface area contributed by atoms with Crippen molar-refractivity contribution in [1.29, 1.82) is 0 Å². The number of aldehydes is 1.